The van der Waals surface area contributed by atoms with Gasteiger partial charge in [0.25, 0.3) is 0 Å². The molecule has 0 radical (unpaired) electrons. The van der Waals surface area contributed by atoms with Crippen molar-refractivity contribution in [3.05, 3.63) is 27.6 Å². The second-order valence-corrected chi connectivity index (χ2v) is 4.63. The van der Waals surface area contributed by atoms with Gasteiger partial charge in [0.15, 0.2) is 0 Å². The Kier molecular flexibility index (Phi) is 3.02. The molecule has 0 bridgehead atoms. The number of anilines is 1. The first-order chi connectivity index (χ1) is 7.19. The molecule has 1 aromatic carbocycles. The Morgan fingerprint density at radius 3 is 2.80 bits per heavy atom. The van der Waals surface area contributed by atoms with Crippen LogP contribution >= 0.6 is 15.9 Å². The molecule has 1 saturated carbocycles. The van der Waals surface area contributed by atoms with Crippen molar-refractivity contribution in [3.8, 4) is 0 Å². The highest BCUT2D eigenvalue weighted by molar-refractivity contribution is 9.10. The van der Waals surface area contributed by atoms with Gasteiger partial charge in [-0.1, -0.05) is 15.9 Å². The number of hydrogen-bond donors (Lipinski definition) is 2. The van der Waals surface area contributed by atoms with E-state index in [9.17, 15) is 4.91 Å². The molecular weight excluding hydrogens is 260 g/mol. The van der Waals surface area contributed by atoms with Gasteiger partial charge in [-0.25, -0.2) is 0 Å². The first kappa shape index (κ1) is 10.6. The van der Waals surface area contributed by atoms with Gasteiger partial charge >= 0.3 is 0 Å². The van der Waals surface area contributed by atoms with E-state index in [1.54, 1.807) is 6.07 Å². The van der Waals surface area contributed by atoms with Crippen molar-refractivity contribution in [1.82, 2.24) is 0 Å². The molecule has 0 aromatic heterocycles. The Labute approximate surface area is 95.8 Å². The summed E-state index contributed by atoms with van der Waals surface area (Å²) >= 11 is 3.28. The van der Waals surface area contributed by atoms with E-state index in [0.717, 1.165) is 23.0 Å². The summed E-state index contributed by atoms with van der Waals surface area (Å²) in [6.45, 7) is 0. The summed E-state index contributed by atoms with van der Waals surface area (Å²) in [5.41, 5.74) is 1.12. The monoisotopic (exact) mass is 270 g/mol. The second-order valence-electron chi connectivity index (χ2n) is 3.72. The van der Waals surface area contributed by atoms with Crippen molar-refractivity contribution in [3.63, 3.8) is 0 Å². The van der Waals surface area contributed by atoms with Gasteiger partial charge in [-0.2, -0.15) is 0 Å². The average molecular weight is 271 g/mol. The van der Waals surface area contributed by atoms with Crippen molar-refractivity contribution in [2.75, 3.05) is 5.32 Å². The molecule has 0 amide bonds. The second kappa shape index (κ2) is 4.28. The number of rotatable bonds is 3. The minimum atomic E-state index is -0.203. The zero-order valence-electron chi connectivity index (χ0n) is 7.98. The van der Waals surface area contributed by atoms with Crippen LogP contribution in [0.25, 0.3) is 0 Å². The summed E-state index contributed by atoms with van der Waals surface area (Å²) in [6, 6.07) is 5.59. The fourth-order valence-electron chi connectivity index (χ4n) is 1.63. The van der Waals surface area contributed by atoms with Crippen LogP contribution in [-0.4, -0.2) is 17.3 Å². The average Bonchev–Trinajstić information content (AvgIpc) is 2.18. The van der Waals surface area contributed by atoms with Gasteiger partial charge in [0, 0.05) is 10.5 Å². The lowest BCUT2D eigenvalue weighted by atomic mass is 9.89. The number of nitroso groups, excluding NO2 is 1. The van der Waals surface area contributed by atoms with Gasteiger partial charge in [0.2, 0.25) is 0 Å². The molecule has 0 aliphatic heterocycles. The molecule has 0 spiro atoms. The van der Waals surface area contributed by atoms with E-state index in [0.29, 0.717) is 5.69 Å². The van der Waals surface area contributed by atoms with Gasteiger partial charge in [0.1, 0.15) is 5.69 Å². The standard InChI is InChI=1S/C10H11BrN2O2/c11-6-1-2-9(10(3-6)13-15)12-7-4-8(14)5-7/h1-3,7-8,12,14H,4-5H2. The van der Waals surface area contributed by atoms with E-state index in [1.165, 1.54) is 0 Å². The number of nitrogens with zero attached hydrogens (tertiary/aromatic N) is 1. The minimum Gasteiger partial charge on any atom is -0.393 e. The van der Waals surface area contributed by atoms with Crippen LogP contribution in [0, 0.1) is 4.91 Å². The van der Waals surface area contributed by atoms with E-state index in [2.05, 4.69) is 26.4 Å². The third-order valence-electron chi connectivity index (χ3n) is 2.53. The van der Waals surface area contributed by atoms with Gasteiger partial charge in [-0.15, -0.1) is 4.91 Å². The molecule has 2 N–H and O–H groups in total. The summed E-state index contributed by atoms with van der Waals surface area (Å²) in [5.74, 6) is 0. The van der Waals surface area contributed by atoms with Crippen molar-refractivity contribution in [2.45, 2.75) is 25.0 Å². The summed E-state index contributed by atoms with van der Waals surface area (Å²) in [6.07, 6.45) is 1.26. The summed E-state index contributed by atoms with van der Waals surface area (Å²) in [7, 11) is 0. The van der Waals surface area contributed by atoms with Gasteiger partial charge in [-0.3, -0.25) is 0 Å². The van der Waals surface area contributed by atoms with Crippen LogP contribution in [0.4, 0.5) is 11.4 Å². The Balaban J connectivity index is 2.10. The molecule has 0 unspecified atom stereocenters. The molecule has 5 heteroatoms. The molecule has 0 saturated heterocycles. The number of aliphatic hydroxyl groups is 1. The molecule has 15 heavy (non-hydrogen) atoms. The van der Waals surface area contributed by atoms with Crippen LogP contribution in [0.15, 0.2) is 27.8 Å². The SMILES string of the molecule is O=Nc1cc(Br)ccc1NC1CC(O)C1. The van der Waals surface area contributed by atoms with Crippen LogP contribution in [-0.2, 0) is 0 Å². The molecule has 2 rings (SSSR count). The predicted octanol–water partition coefficient (Wildman–Crippen LogP) is 2.78. The predicted molar refractivity (Wildman–Crippen MR) is 62.2 cm³/mol. The van der Waals surface area contributed by atoms with Crippen LogP contribution in [0.2, 0.25) is 0 Å². The third-order valence-corrected chi connectivity index (χ3v) is 3.02. The zero-order valence-corrected chi connectivity index (χ0v) is 9.57. The summed E-state index contributed by atoms with van der Waals surface area (Å²) < 4.78 is 0.830. The molecule has 4 nitrogen and oxygen atoms in total. The fourth-order valence-corrected chi connectivity index (χ4v) is 1.98. The molecule has 80 valence electrons. The Morgan fingerprint density at radius 2 is 2.20 bits per heavy atom. The van der Waals surface area contributed by atoms with Crippen LogP contribution < -0.4 is 5.32 Å². The highest BCUT2D eigenvalue weighted by Crippen LogP contribution is 2.32. The van der Waals surface area contributed by atoms with E-state index in [1.807, 2.05) is 12.1 Å². The number of hydrogen-bond acceptors (Lipinski definition) is 4. The van der Waals surface area contributed by atoms with E-state index in [-0.39, 0.29) is 12.1 Å². The number of aliphatic hydroxyl groups excluding tert-OH is 1. The highest BCUT2D eigenvalue weighted by Gasteiger charge is 2.27. The van der Waals surface area contributed by atoms with Crippen LogP contribution in [0.5, 0.6) is 0 Å². The first-order valence-electron chi connectivity index (χ1n) is 4.76. The van der Waals surface area contributed by atoms with Crippen molar-refractivity contribution >= 4 is 27.3 Å². The Morgan fingerprint density at radius 1 is 1.47 bits per heavy atom. The smallest absolute Gasteiger partial charge is 0.132 e. The summed E-state index contributed by atoms with van der Waals surface area (Å²) in [5, 5.41) is 15.3. The summed E-state index contributed by atoms with van der Waals surface area (Å²) in [4.78, 5) is 10.6. The van der Waals surface area contributed by atoms with E-state index < -0.39 is 0 Å². The molecule has 0 atom stereocenters. The molecule has 0 heterocycles. The lowest BCUT2D eigenvalue weighted by Crippen LogP contribution is -2.38. The zero-order chi connectivity index (χ0) is 10.8. The first-order valence-corrected chi connectivity index (χ1v) is 5.56. The van der Waals surface area contributed by atoms with Crippen molar-refractivity contribution in [2.24, 2.45) is 5.18 Å². The van der Waals surface area contributed by atoms with Gasteiger partial charge in [-0.05, 0) is 36.2 Å². The largest absolute Gasteiger partial charge is 0.393 e. The normalized spacial score (nSPS) is 24.4. The lowest BCUT2D eigenvalue weighted by molar-refractivity contribution is 0.0837. The topological polar surface area (TPSA) is 61.7 Å². The van der Waals surface area contributed by atoms with Gasteiger partial charge < -0.3 is 10.4 Å². The Bertz CT molecular complexity index is 378. The quantitative estimate of drug-likeness (QED) is 0.831. The maximum atomic E-state index is 10.6. The number of nitrogens with one attached hydrogen (secondary N) is 1. The molecule has 1 aromatic rings. The van der Waals surface area contributed by atoms with E-state index >= 15 is 0 Å². The number of benzene rings is 1. The molecule has 1 fully saturated rings. The van der Waals surface area contributed by atoms with Crippen LogP contribution in [0.1, 0.15) is 12.8 Å². The Hall–Kier alpha value is -0.940. The maximum Gasteiger partial charge on any atom is 0.132 e. The third kappa shape index (κ3) is 2.35. The maximum absolute atomic E-state index is 10.6. The van der Waals surface area contributed by atoms with E-state index in [4.69, 9.17) is 5.11 Å². The highest BCUT2D eigenvalue weighted by atomic mass is 79.9. The van der Waals surface area contributed by atoms with Crippen molar-refractivity contribution in [1.29, 1.82) is 0 Å². The fraction of sp³-hybridized carbons (Fsp3) is 0.400. The molecule has 1 aliphatic rings. The van der Waals surface area contributed by atoms with Gasteiger partial charge in [0.05, 0.1) is 11.8 Å². The van der Waals surface area contributed by atoms with Crippen molar-refractivity contribution < 1.29 is 5.11 Å². The molecular formula is C10H11BrN2O2. The lowest BCUT2D eigenvalue weighted by Gasteiger charge is -2.32. The van der Waals surface area contributed by atoms with Crippen LogP contribution in [0.3, 0.4) is 0 Å². The minimum absolute atomic E-state index is 0.203. The molecule has 1 aliphatic carbocycles. The number of halogens is 1.